The molecule has 1 aliphatic heterocycles. The summed E-state index contributed by atoms with van der Waals surface area (Å²) < 4.78 is 1.10. The Balaban J connectivity index is 2.09. The van der Waals surface area contributed by atoms with Gasteiger partial charge in [-0.25, -0.2) is 0 Å². The zero-order valence-electron chi connectivity index (χ0n) is 10.7. The van der Waals surface area contributed by atoms with Crippen molar-refractivity contribution < 1.29 is 4.48 Å². The van der Waals surface area contributed by atoms with E-state index in [2.05, 4.69) is 37.2 Å². The first-order valence-electron chi connectivity index (χ1n) is 6.18. The van der Waals surface area contributed by atoms with Crippen molar-refractivity contribution in [1.29, 1.82) is 5.26 Å². The molecule has 3 heteroatoms. The van der Waals surface area contributed by atoms with Crippen LogP contribution in [0.15, 0.2) is 24.3 Å². The van der Waals surface area contributed by atoms with Gasteiger partial charge in [0.15, 0.2) is 0 Å². The van der Waals surface area contributed by atoms with Gasteiger partial charge in [-0.1, -0.05) is 0 Å². The first-order chi connectivity index (χ1) is 8.11. The zero-order chi connectivity index (χ0) is 12.3. The third-order valence-corrected chi connectivity index (χ3v) is 3.53. The minimum Gasteiger partial charge on any atom is -0.366 e. The van der Waals surface area contributed by atoms with Crippen molar-refractivity contribution in [1.82, 2.24) is 0 Å². The summed E-state index contributed by atoms with van der Waals surface area (Å²) in [7, 11) is 4.59. The Morgan fingerprint density at radius 2 is 1.82 bits per heavy atom. The lowest BCUT2D eigenvalue weighted by Crippen LogP contribution is -2.42. The minimum absolute atomic E-state index is 0.736. The van der Waals surface area contributed by atoms with Crippen LogP contribution in [-0.4, -0.2) is 44.8 Å². The number of benzene rings is 1. The molecule has 1 fully saturated rings. The second-order valence-corrected chi connectivity index (χ2v) is 5.38. The monoisotopic (exact) mass is 230 g/mol. The van der Waals surface area contributed by atoms with Crippen molar-refractivity contribution in [2.75, 3.05) is 45.2 Å². The molecular formula is C14H20N3+. The molecular weight excluding hydrogens is 210 g/mol. The van der Waals surface area contributed by atoms with Gasteiger partial charge in [0.2, 0.25) is 0 Å². The number of nitriles is 1. The molecule has 0 bridgehead atoms. The molecule has 0 radical (unpaired) electrons. The van der Waals surface area contributed by atoms with Crippen LogP contribution in [0.3, 0.4) is 0 Å². The van der Waals surface area contributed by atoms with Gasteiger partial charge in [-0.2, -0.15) is 5.26 Å². The highest BCUT2D eigenvalue weighted by molar-refractivity contribution is 5.49. The standard InChI is InChI=1S/C14H20N3/c1-17(2)10-3-8-16(9-11-17)14-6-4-13(12-15)5-7-14/h4-7H,3,8-11H2,1-2H3/q+1. The van der Waals surface area contributed by atoms with Crippen molar-refractivity contribution in [2.24, 2.45) is 0 Å². The van der Waals surface area contributed by atoms with Gasteiger partial charge in [0.1, 0.15) is 0 Å². The molecule has 90 valence electrons. The van der Waals surface area contributed by atoms with Crippen molar-refractivity contribution >= 4 is 5.69 Å². The van der Waals surface area contributed by atoms with E-state index in [9.17, 15) is 0 Å². The quantitative estimate of drug-likeness (QED) is 0.688. The summed E-state index contributed by atoms with van der Waals surface area (Å²) >= 11 is 0. The topological polar surface area (TPSA) is 27.0 Å². The van der Waals surface area contributed by atoms with Crippen molar-refractivity contribution in [3.63, 3.8) is 0 Å². The lowest BCUT2D eigenvalue weighted by molar-refractivity contribution is -0.887. The van der Waals surface area contributed by atoms with Crippen LogP contribution in [0.4, 0.5) is 5.69 Å². The van der Waals surface area contributed by atoms with E-state index in [0.29, 0.717) is 0 Å². The molecule has 0 amide bonds. The summed E-state index contributed by atoms with van der Waals surface area (Å²) in [4.78, 5) is 2.42. The van der Waals surface area contributed by atoms with Crippen LogP contribution in [0.5, 0.6) is 0 Å². The summed E-state index contributed by atoms with van der Waals surface area (Å²) in [6.07, 6.45) is 1.23. The number of hydrogen-bond donors (Lipinski definition) is 0. The number of quaternary nitrogens is 1. The Hall–Kier alpha value is -1.53. The highest BCUT2D eigenvalue weighted by atomic mass is 15.3. The molecule has 0 atom stereocenters. The van der Waals surface area contributed by atoms with Crippen molar-refractivity contribution in [2.45, 2.75) is 6.42 Å². The maximum atomic E-state index is 8.79. The first kappa shape index (κ1) is 11.9. The Labute approximate surface area is 103 Å². The Morgan fingerprint density at radius 1 is 1.12 bits per heavy atom. The van der Waals surface area contributed by atoms with E-state index in [1.165, 1.54) is 25.2 Å². The van der Waals surface area contributed by atoms with E-state index in [1.54, 1.807) is 0 Å². The van der Waals surface area contributed by atoms with Gasteiger partial charge in [-0.15, -0.1) is 0 Å². The fraction of sp³-hybridized carbons (Fsp3) is 0.500. The zero-order valence-corrected chi connectivity index (χ0v) is 10.7. The molecule has 17 heavy (non-hydrogen) atoms. The summed E-state index contributed by atoms with van der Waals surface area (Å²) in [5.74, 6) is 0. The molecule has 1 aromatic rings. The second-order valence-electron chi connectivity index (χ2n) is 5.38. The lowest BCUT2D eigenvalue weighted by atomic mass is 10.2. The van der Waals surface area contributed by atoms with Gasteiger partial charge in [0.25, 0.3) is 0 Å². The minimum atomic E-state index is 0.736. The van der Waals surface area contributed by atoms with E-state index in [1.807, 2.05) is 12.1 Å². The molecule has 0 saturated carbocycles. The lowest BCUT2D eigenvalue weighted by Gasteiger charge is -2.28. The largest absolute Gasteiger partial charge is 0.366 e. The predicted octanol–water partition coefficient (Wildman–Crippen LogP) is 1.84. The van der Waals surface area contributed by atoms with E-state index in [-0.39, 0.29) is 0 Å². The van der Waals surface area contributed by atoms with Crippen LogP contribution < -0.4 is 4.90 Å². The Morgan fingerprint density at radius 3 is 2.47 bits per heavy atom. The predicted molar refractivity (Wildman–Crippen MR) is 69.8 cm³/mol. The Bertz CT molecular complexity index is 414. The molecule has 0 aromatic heterocycles. The SMILES string of the molecule is C[N+]1(C)CCCN(c2ccc(C#N)cc2)CC1. The molecule has 1 aliphatic rings. The van der Waals surface area contributed by atoms with Crippen LogP contribution >= 0.6 is 0 Å². The van der Waals surface area contributed by atoms with Gasteiger partial charge in [-0.3, -0.25) is 0 Å². The highest BCUT2D eigenvalue weighted by Gasteiger charge is 2.21. The molecule has 0 aliphatic carbocycles. The number of rotatable bonds is 1. The summed E-state index contributed by atoms with van der Waals surface area (Å²) in [5.41, 5.74) is 1.98. The number of anilines is 1. The van der Waals surface area contributed by atoms with E-state index in [4.69, 9.17) is 5.26 Å². The number of likely N-dealkylation sites (N-methyl/N-ethyl adjacent to an activating group) is 1. The van der Waals surface area contributed by atoms with Crippen LogP contribution in [0.1, 0.15) is 12.0 Å². The molecule has 0 unspecified atom stereocenters. The van der Waals surface area contributed by atoms with E-state index in [0.717, 1.165) is 23.1 Å². The molecule has 0 N–H and O–H groups in total. The average Bonchev–Trinajstić information content (AvgIpc) is 2.50. The maximum absolute atomic E-state index is 8.79. The summed E-state index contributed by atoms with van der Waals surface area (Å²) in [6.45, 7) is 4.64. The molecule has 3 nitrogen and oxygen atoms in total. The van der Waals surface area contributed by atoms with Crippen LogP contribution in [0.25, 0.3) is 0 Å². The molecule has 2 rings (SSSR count). The van der Waals surface area contributed by atoms with Gasteiger partial charge >= 0.3 is 0 Å². The molecule has 1 heterocycles. The fourth-order valence-electron chi connectivity index (χ4n) is 2.31. The summed E-state index contributed by atoms with van der Waals surface area (Å²) in [6, 6.07) is 10.1. The van der Waals surface area contributed by atoms with Gasteiger partial charge in [0, 0.05) is 18.7 Å². The van der Waals surface area contributed by atoms with Crippen LogP contribution in [0.2, 0.25) is 0 Å². The third kappa shape index (κ3) is 2.98. The van der Waals surface area contributed by atoms with Crippen LogP contribution in [-0.2, 0) is 0 Å². The van der Waals surface area contributed by atoms with Gasteiger partial charge < -0.3 is 9.38 Å². The Kier molecular flexibility index (Phi) is 3.35. The smallest absolute Gasteiger partial charge is 0.0991 e. The first-order valence-corrected chi connectivity index (χ1v) is 6.18. The normalized spacial score (nSPS) is 19.5. The van der Waals surface area contributed by atoms with Crippen LogP contribution in [0, 0.1) is 11.3 Å². The third-order valence-electron chi connectivity index (χ3n) is 3.53. The van der Waals surface area contributed by atoms with Gasteiger partial charge in [0.05, 0.1) is 45.4 Å². The van der Waals surface area contributed by atoms with E-state index < -0.39 is 0 Å². The van der Waals surface area contributed by atoms with Crippen molar-refractivity contribution in [3.8, 4) is 6.07 Å². The number of hydrogen-bond acceptors (Lipinski definition) is 2. The van der Waals surface area contributed by atoms with Gasteiger partial charge in [-0.05, 0) is 24.3 Å². The summed E-state index contributed by atoms with van der Waals surface area (Å²) in [5, 5.41) is 8.79. The highest BCUT2D eigenvalue weighted by Crippen LogP contribution is 2.18. The average molecular weight is 230 g/mol. The second kappa shape index (κ2) is 4.77. The molecule has 1 saturated heterocycles. The van der Waals surface area contributed by atoms with E-state index >= 15 is 0 Å². The van der Waals surface area contributed by atoms with Crippen molar-refractivity contribution in [3.05, 3.63) is 29.8 Å². The molecule has 0 spiro atoms. The maximum Gasteiger partial charge on any atom is 0.0991 e. The molecule has 1 aromatic carbocycles. The number of nitrogens with zero attached hydrogens (tertiary/aromatic N) is 3. The fourth-order valence-corrected chi connectivity index (χ4v) is 2.31.